The molecular formula is C35H26F12O2. The molecule has 14 heteroatoms. The predicted octanol–water partition coefficient (Wildman–Crippen LogP) is 11.4. The zero-order valence-electron chi connectivity index (χ0n) is 25.3. The highest BCUT2D eigenvalue weighted by molar-refractivity contribution is 5.64. The number of hydrogen-bond donors (Lipinski definition) is 0. The van der Waals surface area contributed by atoms with E-state index in [1.165, 1.54) is 0 Å². The Morgan fingerprint density at radius 1 is 0.531 bits per heavy atom. The summed E-state index contributed by atoms with van der Waals surface area (Å²) < 4.78 is 177. The second kappa shape index (κ2) is 13.0. The Balaban J connectivity index is 1.59. The zero-order valence-corrected chi connectivity index (χ0v) is 25.3. The van der Waals surface area contributed by atoms with Crippen molar-refractivity contribution in [1.82, 2.24) is 0 Å². The van der Waals surface area contributed by atoms with Crippen LogP contribution in [-0.4, -0.2) is 13.2 Å². The van der Waals surface area contributed by atoms with E-state index in [4.69, 9.17) is 9.47 Å². The molecule has 1 heterocycles. The Morgan fingerprint density at radius 2 is 0.878 bits per heavy atom. The summed E-state index contributed by atoms with van der Waals surface area (Å²) in [5.41, 5.74) is -6.29. The topological polar surface area (TPSA) is 18.5 Å². The summed E-state index contributed by atoms with van der Waals surface area (Å²) in [4.78, 5) is 0. The summed E-state index contributed by atoms with van der Waals surface area (Å²) >= 11 is 0. The highest BCUT2D eigenvalue weighted by Crippen LogP contribution is 2.47. The van der Waals surface area contributed by atoms with Crippen molar-refractivity contribution in [3.05, 3.63) is 129 Å². The Bertz CT molecular complexity index is 1620. The fraction of sp³-hybridized carbons (Fsp3) is 0.314. The lowest BCUT2D eigenvalue weighted by atomic mass is 9.89. The number of aryl methyl sites for hydroxylation is 1. The van der Waals surface area contributed by atoms with Gasteiger partial charge in [0.15, 0.2) is 0 Å². The molecule has 1 fully saturated rings. The van der Waals surface area contributed by atoms with Crippen LogP contribution in [0.25, 0.3) is 11.1 Å². The molecule has 0 unspecified atom stereocenters. The third-order valence-electron chi connectivity index (χ3n) is 8.12. The van der Waals surface area contributed by atoms with Crippen molar-refractivity contribution in [2.24, 2.45) is 0 Å². The van der Waals surface area contributed by atoms with E-state index in [0.717, 1.165) is 29.5 Å². The summed E-state index contributed by atoms with van der Waals surface area (Å²) in [6.07, 6.45) is -19.7. The van der Waals surface area contributed by atoms with Crippen LogP contribution in [-0.2, 0) is 46.4 Å². The maximum Gasteiger partial charge on any atom is 0.416 e. The number of hydrogen-bond acceptors (Lipinski definition) is 2. The monoisotopic (exact) mass is 706 g/mol. The standard InChI is InChI=1S/C35H26F12O2/c1-2-3-20-4-6-21(7-5-20)22-8-10-23(11-9-22)24-18-48-31(49-19-24,25-12-27(32(36,37)38)16-28(13-25)33(39,40)41)26-14-29(34(42,43)44)17-30(15-26)35(45,46)47/h4-17,24H,2-3,18-19H2,1H3. The molecule has 4 aromatic carbocycles. The van der Waals surface area contributed by atoms with E-state index in [9.17, 15) is 52.7 Å². The molecule has 5 rings (SSSR count). The average Bonchev–Trinajstić information content (AvgIpc) is 3.03. The van der Waals surface area contributed by atoms with Crippen LogP contribution >= 0.6 is 0 Å². The molecule has 2 nitrogen and oxygen atoms in total. The van der Waals surface area contributed by atoms with E-state index in [-0.39, 0.29) is 36.4 Å². The average molecular weight is 707 g/mol. The molecule has 0 radical (unpaired) electrons. The fourth-order valence-corrected chi connectivity index (χ4v) is 5.61. The predicted molar refractivity (Wildman–Crippen MR) is 154 cm³/mol. The first-order valence-corrected chi connectivity index (χ1v) is 14.8. The zero-order chi connectivity index (χ0) is 36.0. The second-order valence-corrected chi connectivity index (χ2v) is 11.6. The largest absolute Gasteiger partial charge is 0.416 e. The molecule has 0 N–H and O–H groups in total. The van der Waals surface area contributed by atoms with Gasteiger partial charge in [-0.05, 0) is 65.1 Å². The third kappa shape index (κ3) is 7.90. The Kier molecular flexibility index (Phi) is 9.63. The van der Waals surface area contributed by atoms with Crippen molar-refractivity contribution in [2.75, 3.05) is 13.2 Å². The van der Waals surface area contributed by atoms with E-state index >= 15 is 0 Å². The quantitative estimate of drug-likeness (QED) is 0.186. The normalized spacial score (nSPS) is 16.2. The first kappa shape index (κ1) is 36.2. The van der Waals surface area contributed by atoms with E-state index in [2.05, 4.69) is 0 Å². The smallest absolute Gasteiger partial charge is 0.341 e. The summed E-state index contributed by atoms with van der Waals surface area (Å²) in [5, 5.41) is 0. The van der Waals surface area contributed by atoms with E-state index in [1.807, 2.05) is 31.2 Å². The lowest BCUT2D eigenvalue weighted by Gasteiger charge is -2.42. The van der Waals surface area contributed by atoms with Crippen LogP contribution in [0.4, 0.5) is 52.7 Å². The van der Waals surface area contributed by atoms with E-state index in [1.54, 1.807) is 24.3 Å². The van der Waals surface area contributed by atoms with Gasteiger partial charge in [-0.15, -0.1) is 0 Å². The van der Waals surface area contributed by atoms with Crippen LogP contribution in [0.5, 0.6) is 0 Å². The van der Waals surface area contributed by atoms with Crippen LogP contribution in [0.3, 0.4) is 0 Å². The number of halogens is 12. The minimum atomic E-state index is -5.39. The van der Waals surface area contributed by atoms with Gasteiger partial charge in [0.2, 0.25) is 5.79 Å². The molecule has 1 saturated heterocycles. The Hall–Kier alpha value is -4.04. The molecule has 1 aliphatic heterocycles. The highest BCUT2D eigenvalue weighted by atomic mass is 19.4. The van der Waals surface area contributed by atoms with Gasteiger partial charge in [0, 0.05) is 17.0 Å². The molecule has 262 valence electrons. The van der Waals surface area contributed by atoms with Gasteiger partial charge in [-0.25, -0.2) is 0 Å². The lowest BCUT2D eigenvalue weighted by Crippen LogP contribution is -2.43. The van der Waals surface area contributed by atoms with Crippen molar-refractivity contribution >= 4 is 0 Å². The highest BCUT2D eigenvalue weighted by Gasteiger charge is 2.48. The van der Waals surface area contributed by atoms with Crippen LogP contribution < -0.4 is 0 Å². The SMILES string of the molecule is CCCc1ccc(-c2ccc(C3COC(c4cc(C(F)(F)F)cc(C(F)(F)F)c4)(c4cc(C(F)(F)F)cc(C(F)(F)F)c4)OC3)cc2)cc1. The number of benzene rings is 4. The van der Waals surface area contributed by atoms with Gasteiger partial charge in [0.05, 0.1) is 35.5 Å². The van der Waals surface area contributed by atoms with Crippen LogP contribution in [0.2, 0.25) is 0 Å². The van der Waals surface area contributed by atoms with Crippen molar-refractivity contribution < 1.29 is 62.2 Å². The molecule has 49 heavy (non-hydrogen) atoms. The minimum absolute atomic E-state index is 0.156. The molecule has 0 amide bonds. The van der Waals surface area contributed by atoms with Crippen LogP contribution in [0.1, 0.15) is 63.8 Å². The number of alkyl halides is 12. The van der Waals surface area contributed by atoms with Crippen LogP contribution in [0.15, 0.2) is 84.9 Å². The molecule has 0 atom stereocenters. The molecular weight excluding hydrogens is 680 g/mol. The fourth-order valence-electron chi connectivity index (χ4n) is 5.61. The van der Waals surface area contributed by atoms with Gasteiger partial charge < -0.3 is 9.47 Å². The van der Waals surface area contributed by atoms with E-state index < -0.39 is 83.0 Å². The van der Waals surface area contributed by atoms with Gasteiger partial charge >= 0.3 is 24.7 Å². The molecule has 4 aromatic rings. The van der Waals surface area contributed by atoms with Gasteiger partial charge in [0.25, 0.3) is 0 Å². The molecule has 1 aliphatic rings. The third-order valence-corrected chi connectivity index (χ3v) is 8.12. The minimum Gasteiger partial charge on any atom is -0.341 e. The summed E-state index contributed by atoms with van der Waals surface area (Å²) in [5.74, 6) is -3.78. The Morgan fingerprint density at radius 3 is 1.20 bits per heavy atom. The maximum absolute atomic E-state index is 13.8. The summed E-state index contributed by atoms with van der Waals surface area (Å²) in [6, 6.07) is 14.8. The van der Waals surface area contributed by atoms with Crippen LogP contribution in [0, 0.1) is 0 Å². The van der Waals surface area contributed by atoms with Crippen molar-refractivity contribution in [3.63, 3.8) is 0 Å². The van der Waals surface area contributed by atoms with E-state index in [0.29, 0.717) is 5.56 Å². The summed E-state index contributed by atoms with van der Waals surface area (Å²) in [7, 11) is 0. The van der Waals surface area contributed by atoms with Gasteiger partial charge in [-0.1, -0.05) is 61.9 Å². The van der Waals surface area contributed by atoms with Gasteiger partial charge in [-0.3, -0.25) is 0 Å². The van der Waals surface area contributed by atoms with Gasteiger partial charge in [0.1, 0.15) is 0 Å². The van der Waals surface area contributed by atoms with Crippen molar-refractivity contribution in [2.45, 2.75) is 56.2 Å². The second-order valence-electron chi connectivity index (χ2n) is 11.6. The molecule has 0 aliphatic carbocycles. The van der Waals surface area contributed by atoms with Crippen molar-refractivity contribution in [1.29, 1.82) is 0 Å². The van der Waals surface area contributed by atoms with Crippen molar-refractivity contribution in [3.8, 4) is 11.1 Å². The van der Waals surface area contributed by atoms with Gasteiger partial charge in [-0.2, -0.15) is 52.7 Å². The number of ether oxygens (including phenoxy) is 2. The first-order valence-electron chi connectivity index (χ1n) is 14.8. The number of rotatable bonds is 6. The molecule has 0 bridgehead atoms. The summed E-state index contributed by atoms with van der Waals surface area (Å²) in [6.45, 7) is 0.939. The molecule has 0 aromatic heterocycles. The first-order chi connectivity index (χ1) is 22.7. The lowest BCUT2D eigenvalue weighted by molar-refractivity contribution is -0.257. The molecule has 0 saturated carbocycles. The maximum atomic E-state index is 13.8. The molecule has 0 spiro atoms. The Labute approximate surface area is 272 Å².